The van der Waals surface area contributed by atoms with E-state index in [-0.39, 0.29) is 0 Å². The summed E-state index contributed by atoms with van der Waals surface area (Å²) in [6.45, 7) is 1.74. The van der Waals surface area contributed by atoms with Gasteiger partial charge < -0.3 is 10.4 Å². The molecule has 1 atom stereocenters. The lowest BCUT2D eigenvalue weighted by Crippen LogP contribution is -2.26. The van der Waals surface area contributed by atoms with E-state index in [2.05, 4.69) is 10.3 Å². The molecule has 2 N–H and O–H groups in total. The molecule has 0 spiro atoms. The van der Waals surface area contributed by atoms with Crippen molar-refractivity contribution < 1.29 is 9.90 Å². The van der Waals surface area contributed by atoms with E-state index < -0.39 is 12.0 Å². The van der Waals surface area contributed by atoms with E-state index in [0.717, 1.165) is 0 Å². The number of aromatic nitrogens is 1. The summed E-state index contributed by atoms with van der Waals surface area (Å²) in [6.07, 6.45) is 2.61. The second kappa shape index (κ2) is 4.57. The lowest BCUT2D eigenvalue weighted by Gasteiger charge is -2.07. The number of hydrogen-bond acceptors (Lipinski definition) is 3. The van der Waals surface area contributed by atoms with Crippen molar-refractivity contribution in [3.63, 3.8) is 0 Å². The van der Waals surface area contributed by atoms with Crippen molar-refractivity contribution >= 4 is 11.6 Å². The van der Waals surface area contributed by atoms with Crippen molar-refractivity contribution in [2.75, 3.05) is 5.32 Å². The molecular formula is C9H12N2O2. The molecule has 0 aliphatic rings. The normalized spacial score (nSPS) is 12.2. The molecule has 70 valence electrons. The summed E-state index contributed by atoms with van der Waals surface area (Å²) in [4.78, 5) is 15.0. The smallest absolute Gasteiger partial charge is 0.253 e. The first-order valence-corrected chi connectivity index (χ1v) is 4.13. The number of pyridine rings is 1. The maximum absolute atomic E-state index is 11.2. The molecule has 1 amide bonds. The molecule has 0 unspecified atom stereocenters. The van der Waals surface area contributed by atoms with Gasteiger partial charge in [0.15, 0.2) is 0 Å². The fourth-order valence-corrected chi connectivity index (χ4v) is 0.848. The number of nitrogens with zero attached hydrogens (tertiary/aromatic N) is 1. The first-order chi connectivity index (χ1) is 6.24. The molecule has 13 heavy (non-hydrogen) atoms. The van der Waals surface area contributed by atoms with Crippen LogP contribution in [0.25, 0.3) is 0 Å². The third-order valence-electron chi connectivity index (χ3n) is 1.62. The number of rotatable bonds is 3. The van der Waals surface area contributed by atoms with Gasteiger partial charge in [0.1, 0.15) is 6.10 Å². The van der Waals surface area contributed by atoms with E-state index in [4.69, 9.17) is 5.11 Å². The summed E-state index contributed by atoms with van der Waals surface area (Å²) in [7, 11) is 0. The summed E-state index contributed by atoms with van der Waals surface area (Å²) in [5.41, 5.74) is 0.597. The Kier molecular flexibility index (Phi) is 3.40. The molecule has 0 aromatic carbocycles. The second-order valence-electron chi connectivity index (χ2n) is 2.65. The van der Waals surface area contributed by atoms with E-state index >= 15 is 0 Å². The van der Waals surface area contributed by atoms with Crippen LogP contribution >= 0.6 is 0 Å². The van der Waals surface area contributed by atoms with E-state index in [0.29, 0.717) is 12.1 Å². The molecule has 4 heteroatoms. The number of carbonyl (C=O) groups is 1. The third kappa shape index (κ3) is 2.83. The van der Waals surface area contributed by atoms with Crippen LogP contribution in [0.2, 0.25) is 0 Å². The summed E-state index contributed by atoms with van der Waals surface area (Å²) in [5, 5.41) is 11.7. The quantitative estimate of drug-likeness (QED) is 0.723. The first-order valence-electron chi connectivity index (χ1n) is 4.13. The van der Waals surface area contributed by atoms with Crippen LogP contribution in [0.1, 0.15) is 13.3 Å². The van der Waals surface area contributed by atoms with Gasteiger partial charge in [0, 0.05) is 6.20 Å². The van der Waals surface area contributed by atoms with Crippen LogP contribution in [0, 0.1) is 0 Å². The first kappa shape index (κ1) is 9.67. The summed E-state index contributed by atoms with van der Waals surface area (Å²) in [5.74, 6) is -0.393. The number of amides is 1. The summed E-state index contributed by atoms with van der Waals surface area (Å²) < 4.78 is 0. The van der Waals surface area contributed by atoms with Crippen LogP contribution < -0.4 is 5.32 Å². The molecule has 1 aromatic rings. The lowest BCUT2D eigenvalue weighted by molar-refractivity contribution is -0.124. The average molecular weight is 180 g/mol. The minimum absolute atomic E-state index is 0.393. The van der Waals surface area contributed by atoms with Gasteiger partial charge in [-0.25, -0.2) is 0 Å². The minimum Gasteiger partial charge on any atom is -0.383 e. The number of aliphatic hydroxyl groups is 1. The van der Waals surface area contributed by atoms with Crippen LogP contribution in [-0.4, -0.2) is 22.1 Å². The number of aliphatic hydroxyl groups excluding tert-OH is 1. The number of carbonyl (C=O) groups excluding carboxylic acids is 1. The standard InChI is InChI=1S/C9H12N2O2/c1-2-8(12)9(13)11-7-4-3-5-10-6-7/h3-6,8,12H,2H2,1H3,(H,11,13)/t8-/m0/s1. The van der Waals surface area contributed by atoms with Gasteiger partial charge >= 0.3 is 0 Å². The highest BCUT2D eigenvalue weighted by molar-refractivity contribution is 5.93. The van der Waals surface area contributed by atoms with Gasteiger partial charge in [-0.05, 0) is 18.6 Å². The van der Waals surface area contributed by atoms with Crippen LogP contribution in [-0.2, 0) is 4.79 Å². The van der Waals surface area contributed by atoms with Gasteiger partial charge in [0.25, 0.3) is 5.91 Å². The average Bonchev–Trinajstić information content (AvgIpc) is 2.18. The zero-order valence-electron chi connectivity index (χ0n) is 7.40. The van der Waals surface area contributed by atoms with Gasteiger partial charge in [0.05, 0.1) is 11.9 Å². The van der Waals surface area contributed by atoms with E-state index in [1.165, 1.54) is 6.20 Å². The number of anilines is 1. The van der Waals surface area contributed by atoms with Crippen molar-refractivity contribution in [2.45, 2.75) is 19.4 Å². The number of nitrogens with one attached hydrogen (secondary N) is 1. The Morgan fingerprint density at radius 1 is 1.77 bits per heavy atom. The van der Waals surface area contributed by atoms with Crippen molar-refractivity contribution in [2.24, 2.45) is 0 Å². The lowest BCUT2D eigenvalue weighted by atomic mass is 10.2. The van der Waals surface area contributed by atoms with Gasteiger partial charge in [-0.1, -0.05) is 6.92 Å². The Balaban J connectivity index is 2.55. The topological polar surface area (TPSA) is 62.2 Å². The van der Waals surface area contributed by atoms with Crippen molar-refractivity contribution in [1.29, 1.82) is 0 Å². The third-order valence-corrected chi connectivity index (χ3v) is 1.62. The Hall–Kier alpha value is -1.42. The molecule has 0 bridgehead atoms. The Morgan fingerprint density at radius 3 is 3.08 bits per heavy atom. The summed E-state index contributed by atoms with van der Waals surface area (Å²) in [6, 6.07) is 3.43. The molecule has 0 radical (unpaired) electrons. The van der Waals surface area contributed by atoms with E-state index in [9.17, 15) is 4.79 Å². The predicted octanol–water partition coefficient (Wildman–Crippen LogP) is 0.791. The van der Waals surface area contributed by atoms with Crippen LogP contribution in [0.5, 0.6) is 0 Å². The predicted molar refractivity (Wildman–Crippen MR) is 49.2 cm³/mol. The SMILES string of the molecule is CC[C@H](O)C(=O)Nc1cccnc1. The fourth-order valence-electron chi connectivity index (χ4n) is 0.848. The molecule has 0 fully saturated rings. The zero-order chi connectivity index (χ0) is 9.68. The van der Waals surface area contributed by atoms with Crippen LogP contribution in [0.4, 0.5) is 5.69 Å². The monoisotopic (exact) mass is 180 g/mol. The van der Waals surface area contributed by atoms with Gasteiger partial charge in [-0.3, -0.25) is 9.78 Å². The maximum atomic E-state index is 11.2. The Labute approximate surface area is 76.6 Å². The highest BCUT2D eigenvalue weighted by Gasteiger charge is 2.11. The highest BCUT2D eigenvalue weighted by Crippen LogP contribution is 2.04. The van der Waals surface area contributed by atoms with Gasteiger partial charge in [0.2, 0.25) is 0 Å². The molecule has 0 aliphatic heterocycles. The molecule has 4 nitrogen and oxygen atoms in total. The molecule has 1 heterocycles. The van der Waals surface area contributed by atoms with E-state index in [1.54, 1.807) is 25.3 Å². The van der Waals surface area contributed by atoms with E-state index in [1.807, 2.05) is 0 Å². The molecule has 1 aromatic heterocycles. The minimum atomic E-state index is -0.944. The zero-order valence-corrected chi connectivity index (χ0v) is 7.40. The van der Waals surface area contributed by atoms with Crippen LogP contribution in [0.15, 0.2) is 24.5 Å². The largest absolute Gasteiger partial charge is 0.383 e. The second-order valence-corrected chi connectivity index (χ2v) is 2.65. The summed E-state index contributed by atoms with van der Waals surface area (Å²) >= 11 is 0. The molecule has 1 rings (SSSR count). The van der Waals surface area contributed by atoms with Crippen molar-refractivity contribution in [3.8, 4) is 0 Å². The Morgan fingerprint density at radius 2 is 2.54 bits per heavy atom. The molecular weight excluding hydrogens is 168 g/mol. The molecule has 0 saturated carbocycles. The number of hydrogen-bond donors (Lipinski definition) is 2. The highest BCUT2D eigenvalue weighted by atomic mass is 16.3. The van der Waals surface area contributed by atoms with Crippen LogP contribution in [0.3, 0.4) is 0 Å². The fraction of sp³-hybridized carbons (Fsp3) is 0.333. The van der Waals surface area contributed by atoms with Crippen molar-refractivity contribution in [1.82, 2.24) is 4.98 Å². The molecule has 0 aliphatic carbocycles. The maximum Gasteiger partial charge on any atom is 0.253 e. The van der Waals surface area contributed by atoms with Gasteiger partial charge in [-0.15, -0.1) is 0 Å². The van der Waals surface area contributed by atoms with Crippen molar-refractivity contribution in [3.05, 3.63) is 24.5 Å². The van der Waals surface area contributed by atoms with Gasteiger partial charge in [-0.2, -0.15) is 0 Å². The Bertz CT molecular complexity index is 274. The molecule has 0 saturated heterocycles.